The van der Waals surface area contributed by atoms with Crippen molar-refractivity contribution in [2.75, 3.05) is 65.8 Å². The van der Waals surface area contributed by atoms with Crippen molar-refractivity contribution in [3.63, 3.8) is 0 Å². The van der Waals surface area contributed by atoms with Gasteiger partial charge in [0, 0.05) is 39.3 Å². The zero-order valence-corrected chi connectivity index (χ0v) is 13.5. The first-order valence-electron chi connectivity index (χ1n) is 8.38. The van der Waals surface area contributed by atoms with Gasteiger partial charge < -0.3 is 25.3 Å². The van der Waals surface area contributed by atoms with Gasteiger partial charge >= 0.3 is 0 Å². The van der Waals surface area contributed by atoms with E-state index in [0.717, 1.165) is 65.3 Å². The summed E-state index contributed by atoms with van der Waals surface area (Å²) in [7, 11) is 0. The molecule has 0 radical (unpaired) electrons. The molecule has 7 nitrogen and oxygen atoms in total. The molecule has 1 atom stereocenters. The zero-order valence-electron chi connectivity index (χ0n) is 13.5. The highest BCUT2D eigenvalue weighted by Gasteiger charge is 2.14. The molecule has 0 aliphatic carbocycles. The molecule has 0 spiro atoms. The van der Waals surface area contributed by atoms with Crippen LogP contribution in [0.2, 0.25) is 0 Å². The Kier molecular flexibility index (Phi) is 8.55. The Hall–Kier alpha value is -0.890. The maximum atomic E-state index is 5.82. The summed E-state index contributed by atoms with van der Waals surface area (Å²) in [6.45, 7) is 8.43. The fourth-order valence-electron chi connectivity index (χ4n) is 2.62. The summed E-state index contributed by atoms with van der Waals surface area (Å²) < 4.78 is 16.4. The van der Waals surface area contributed by atoms with Crippen molar-refractivity contribution < 1.29 is 14.2 Å². The maximum absolute atomic E-state index is 5.82. The normalized spacial score (nSPS) is 23.8. The van der Waals surface area contributed by atoms with Crippen molar-refractivity contribution in [1.82, 2.24) is 10.2 Å². The number of nitrogens with one attached hydrogen (secondary N) is 1. The summed E-state index contributed by atoms with van der Waals surface area (Å²) in [5, 5.41) is 3.07. The number of hydrogen-bond acceptors (Lipinski definition) is 5. The van der Waals surface area contributed by atoms with Crippen LogP contribution in [0, 0.1) is 0 Å². The number of nitrogens with two attached hydrogens (primary N) is 1. The Bertz CT molecular complexity index is 316. The third-order valence-electron chi connectivity index (χ3n) is 3.90. The van der Waals surface area contributed by atoms with Gasteiger partial charge in [-0.15, -0.1) is 0 Å². The van der Waals surface area contributed by atoms with E-state index in [1.54, 1.807) is 0 Å². The predicted octanol–water partition coefficient (Wildman–Crippen LogP) is -0.191. The number of nitrogens with zero attached hydrogens (tertiary/aromatic N) is 2. The second-order valence-corrected chi connectivity index (χ2v) is 5.71. The second kappa shape index (κ2) is 10.8. The average Bonchev–Trinajstić information content (AvgIpc) is 3.06. The third kappa shape index (κ3) is 7.40. The monoisotopic (exact) mass is 314 g/mol. The minimum atomic E-state index is 0.284. The van der Waals surface area contributed by atoms with Crippen LogP contribution in [0.15, 0.2) is 4.99 Å². The summed E-state index contributed by atoms with van der Waals surface area (Å²) in [5.41, 5.74) is 5.82. The van der Waals surface area contributed by atoms with Crippen molar-refractivity contribution in [2.45, 2.75) is 25.4 Å². The topological polar surface area (TPSA) is 81.3 Å². The minimum Gasteiger partial charge on any atom is -0.379 e. The molecule has 128 valence electrons. The largest absolute Gasteiger partial charge is 0.379 e. The lowest BCUT2D eigenvalue weighted by Crippen LogP contribution is -2.37. The van der Waals surface area contributed by atoms with Gasteiger partial charge in [-0.3, -0.25) is 9.89 Å². The SMILES string of the molecule is NC(=NCCCN1CCOCC1)NCCOCC1CCCO1. The van der Waals surface area contributed by atoms with Crippen LogP contribution in [0.4, 0.5) is 0 Å². The Morgan fingerprint density at radius 2 is 2.18 bits per heavy atom. The molecule has 0 aromatic rings. The lowest BCUT2D eigenvalue weighted by molar-refractivity contribution is 0.0191. The van der Waals surface area contributed by atoms with E-state index >= 15 is 0 Å². The standard InChI is InChI=1S/C15H30N4O3/c16-15(17-4-2-6-19-7-11-20-12-8-19)18-5-10-21-13-14-3-1-9-22-14/h14H,1-13H2,(H3,16,17,18). The number of aliphatic imine (C=N–C) groups is 1. The number of rotatable bonds is 9. The number of hydrogen-bond donors (Lipinski definition) is 2. The molecular weight excluding hydrogens is 284 g/mol. The van der Waals surface area contributed by atoms with Gasteiger partial charge in [-0.25, -0.2) is 0 Å². The van der Waals surface area contributed by atoms with E-state index in [2.05, 4.69) is 15.2 Å². The molecular formula is C15H30N4O3. The van der Waals surface area contributed by atoms with Crippen LogP contribution in [0.3, 0.4) is 0 Å². The van der Waals surface area contributed by atoms with Gasteiger partial charge in [0.1, 0.15) is 0 Å². The van der Waals surface area contributed by atoms with E-state index in [1.165, 1.54) is 0 Å². The molecule has 1 unspecified atom stereocenters. The van der Waals surface area contributed by atoms with Gasteiger partial charge in [0.2, 0.25) is 0 Å². The first kappa shape index (κ1) is 17.5. The molecule has 2 saturated heterocycles. The van der Waals surface area contributed by atoms with Crippen molar-refractivity contribution >= 4 is 5.96 Å². The van der Waals surface area contributed by atoms with E-state index in [9.17, 15) is 0 Å². The Labute approximate surface area is 133 Å². The Balaban J connectivity index is 1.41. The fraction of sp³-hybridized carbons (Fsp3) is 0.933. The summed E-state index contributed by atoms with van der Waals surface area (Å²) in [5.74, 6) is 0.502. The van der Waals surface area contributed by atoms with Crippen LogP contribution in [-0.4, -0.2) is 82.7 Å². The lowest BCUT2D eigenvalue weighted by Gasteiger charge is -2.26. The number of guanidine groups is 1. The molecule has 2 rings (SSSR count). The maximum Gasteiger partial charge on any atom is 0.188 e. The highest BCUT2D eigenvalue weighted by molar-refractivity contribution is 5.77. The van der Waals surface area contributed by atoms with Crippen LogP contribution in [0.25, 0.3) is 0 Å². The molecule has 22 heavy (non-hydrogen) atoms. The van der Waals surface area contributed by atoms with E-state index in [4.69, 9.17) is 19.9 Å². The summed E-state index contributed by atoms with van der Waals surface area (Å²) >= 11 is 0. The minimum absolute atomic E-state index is 0.284. The van der Waals surface area contributed by atoms with E-state index in [-0.39, 0.29) is 6.10 Å². The second-order valence-electron chi connectivity index (χ2n) is 5.71. The van der Waals surface area contributed by atoms with Gasteiger partial charge in [-0.1, -0.05) is 0 Å². The van der Waals surface area contributed by atoms with Gasteiger partial charge in [0.15, 0.2) is 5.96 Å². The molecule has 2 heterocycles. The summed E-state index contributed by atoms with van der Waals surface area (Å²) in [6.07, 6.45) is 3.57. The average molecular weight is 314 g/mol. The fourth-order valence-corrected chi connectivity index (χ4v) is 2.62. The molecule has 3 N–H and O–H groups in total. The van der Waals surface area contributed by atoms with E-state index in [1.807, 2.05) is 0 Å². The van der Waals surface area contributed by atoms with E-state index < -0.39 is 0 Å². The summed E-state index contributed by atoms with van der Waals surface area (Å²) in [6, 6.07) is 0. The van der Waals surface area contributed by atoms with Crippen LogP contribution >= 0.6 is 0 Å². The summed E-state index contributed by atoms with van der Waals surface area (Å²) in [4.78, 5) is 6.73. The number of ether oxygens (including phenoxy) is 3. The first-order chi connectivity index (χ1) is 10.8. The van der Waals surface area contributed by atoms with Crippen LogP contribution in [0.5, 0.6) is 0 Å². The molecule has 0 amide bonds. The third-order valence-corrected chi connectivity index (χ3v) is 3.90. The van der Waals surface area contributed by atoms with Crippen molar-refractivity contribution in [3.8, 4) is 0 Å². The molecule has 2 aliphatic heterocycles. The molecule has 2 fully saturated rings. The Morgan fingerprint density at radius 3 is 2.95 bits per heavy atom. The highest BCUT2D eigenvalue weighted by Crippen LogP contribution is 2.11. The van der Waals surface area contributed by atoms with Crippen LogP contribution in [0.1, 0.15) is 19.3 Å². The predicted molar refractivity (Wildman–Crippen MR) is 86.2 cm³/mol. The Morgan fingerprint density at radius 1 is 1.32 bits per heavy atom. The quantitative estimate of drug-likeness (QED) is 0.349. The molecule has 0 aromatic heterocycles. The first-order valence-corrected chi connectivity index (χ1v) is 8.38. The number of morpholine rings is 1. The zero-order chi connectivity index (χ0) is 15.5. The molecule has 0 bridgehead atoms. The van der Waals surface area contributed by atoms with Crippen molar-refractivity contribution in [2.24, 2.45) is 10.7 Å². The van der Waals surface area contributed by atoms with Gasteiger partial charge in [-0.05, 0) is 19.3 Å². The van der Waals surface area contributed by atoms with Crippen molar-refractivity contribution in [1.29, 1.82) is 0 Å². The van der Waals surface area contributed by atoms with Gasteiger partial charge in [0.25, 0.3) is 0 Å². The highest BCUT2D eigenvalue weighted by atomic mass is 16.5. The molecule has 0 saturated carbocycles. The van der Waals surface area contributed by atoms with Gasteiger partial charge in [0.05, 0.1) is 32.5 Å². The van der Waals surface area contributed by atoms with Crippen LogP contribution in [-0.2, 0) is 14.2 Å². The van der Waals surface area contributed by atoms with Crippen LogP contribution < -0.4 is 11.1 Å². The molecule has 0 aromatic carbocycles. The molecule has 7 heteroatoms. The lowest BCUT2D eigenvalue weighted by atomic mass is 10.2. The van der Waals surface area contributed by atoms with E-state index in [0.29, 0.717) is 25.7 Å². The molecule has 2 aliphatic rings. The van der Waals surface area contributed by atoms with Gasteiger partial charge in [-0.2, -0.15) is 0 Å². The smallest absolute Gasteiger partial charge is 0.188 e. The van der Waals surface area contributed by atoms with Crippen molar-refractivity contribution in [3.05, 3.63) is 0 Å².